The molecule has 3 N–H and O–H groups in total. The summed E-state index contributed by atoms with van der Waals surface area (Å²) in [4.78, 5) is 10.5. The predicted molar refractivity (Wildman–Crippen MR) is 135 cm³/mol. The Hall–Kier alpha value is -2.13. The lowest BCUT2D eigenvalue weighted by Gasteiger charge is -2.28. The van der Waals surface area contributed by atoms with E-state index in [1.807, 2.05) is 36.5 Å². The zero-order valence-corrected chi connectivity index (χ0v) is 20.1. The molecular weight excluding hydrogens is 505 g/mol. The highest BCUT2D eigenvalue weighted by molar-refractivity contribution is 14.1. The number of aromatic nitrogens is 2. The molecule has 0 radical (unpaired) electrons. The van der Waals surface area contributed by atoms with Gasteiger partial charge in [-0.3, -0.25) is 4.98 Å². The normalized spacial score (nSPS) is 18.5. The maximum atomic E-state index is 5.78. The number of aryl methyl sites for hydroxylation is 2. The minimum Gasteiger partial charge on any atom is -0.385 e. The summed E-state index contributed by atoms with van der Waals surface area (Å²) < 4.78 is 1.27. The van der Waals surface area contributed by atoms with Crippen molar-refractivity contribution >= 4 is 45.6 Å². The van der Waals surface area contributed by atoms with E-state index in [0.29, 0.717) is 0 Å². The van der Waals surface area contributed by atoms with Crippen molar-refractivity contribution in [3.63, 3.8) is 0 Å². The summed E-state index contributed by atoms with van der Waals surface area (Å²) in [6, 6.07) is 16.5. The van der Waals surface area contributed by atoms with Crippen LogP contribution in [0.4, 0.5) is 5.69 Å². The van der Waals surface area contributed by atoms with E-state index in [2.05, 4.69) is 80.1 Å². The molecule has 1 fully saturated rings. The number of para-hydroxylation sites is 1. The van der Waals surface area contributed by atoms with E-state index in [1.165, 1.54) is 20.5 Å². The van der Waals surface area contributed by atoms with Crippen LogP contribution in [0.2, 0.25) is 0 Å². The monoisotopic (exact) mass is 531 g/mol. The van der Waals surface area contributed by atoms with Gasteiger partial charge in [0.05, 0.1) is 17.8 Å². The van der Waals surface area contributed by atoms with E-state index in [9.17, 15) is 0 Å². The third-order valence-corrected chi connectivity index (χ3v) is 7.26. The topological polar surface area (TPSA) is 56.0 Å². The van der Waals surface area contributed by atoms with Crippen LogP contribution in [0.15, 0.2) is 54.7 Å². The molecule has 1 aliphatic rings. The van der Waals surface area contributed by atoms with Gasteiger partial charge in [0, 0.05) is 45.5 Å². The molecule has 30 heavy (non-hydrogen) atoms. The lowest BCUT2D eigenvalue weighted by molar-refractivity contribution is 0.314. The van der Waals surface area contributed by atoms with Gasteiger partial charge in [-0.2, -0.15) is 0 Å². The van der Waals surface area contributed by atoms with Crippen LogP contribution >= 0.6 is 34.8 Å². The summed E-state index contributed by atoms with van der Waals surface area (Å²) in [6.45, 7) is 6.05. The number of pyridine rings is 1. The maximum Gasteiger partial charge on any atom is 0.170 e. The summed E-state index contributed by atoms with van der Waals surface area (Å²) >= 11 is 8.24. The molecule has 0 amide bonds. The highest BCUT2D eigenvalue weighted by atomic mass is 127. The summed E-state index contributed by atoms with van der Waals surface area (Å²) in [6.07, 6.45) is 2.84. The van der Waals surface area contributed by atoms with E-state index in [-0.39, 0.29) is 12.1 Å². The van der Waals surface area contributed by atoms with Gasteiger partial charge in [0.25, 0.3) is 0 Å². The predicted octanol–water partition coefficient (Wildman–Crippen LogP) is 5.11. The van der Waals surface area contributed by atoms with Gasteiger partial charge in [0.15, 0.2) is 5.11 Å². The largest absolute Gasteiger partial charge is 0.385 e. The van der Waals surface area contributed by atoms with Gasteiger partial charge in [0.2, 0.25) is 0 Å². The first-order valence-electron chi connectivity index (χ1n) is 10.2. The molecule has 1 aliphatic heterocycles. The number of halogens is 1. The highest BCUT2D eigenvalue weighted by Crippen LogP contribution is 2.42. The van der Waals surface area contributed by atoms with E-state index >= 15 is 0 Å². The molecule has 5 nitrogen and oxygen atoms in total. The third-order valence-electron chi connectivity index (χ3n) is 5.52. The van der Waals surface area contributed by atoms with Crippen LogP contribution in [0.5, 0.6) is 0 Å². The van der Waals surface area contributed by atoms with Crippen molar-refractivity contribution in [1.29, 1.82) is 0 Å². The fraction of sp³-hybridized carbons (Fsp3) is 0.304. The summed E-state index contributed by atoms with van der Waals surface area (Å²) in [5.74, 6) is 0. The van der Waals surface area contributed by atoms with Crippen molar-refractivity contribution in [3.8, 4) is 0 Å². The van der Waals surface area contributed by atoms with Crippen molar-refractivity contribution < 1.29 is 0 Å². The Morgan fingerprint density at radius 1 is 1.10 bits per heavy atom. The Morgan fingerprint density at radius 3 is 2.53 bits per heavy atom. The Kier molecular flexibility index (Phi) is 6.58. The molecule has 3 heterocycles. The zero-order chi connectivity index (χ0) is 21.1. The van der Waals surface area contributed by atoms with Gasteiger partial charge in [-0.1, -0.05) is 24.3 Å². The van der Waals surface area contributed by atoms with Crippen LogP contribution in [0.1, 0.15) is 41.1 Å². The van der Waals surface area contributed by atoms with E-state index in [4.69, 9.17) is 12.2 Å². The van der Waals surface area contributed by atoms with Gasteiger partial charge >= 0.3 is 0 Å². The average Bonchev–Trinajstić information content (AvgIpc) is 3.21. The first-order valence-corrected chi connectivity index (χ1v) is 11.7. The van der Waals surface area contributed by atoms with Crippen LogP contribution in [0.3, 0.4) is 0 Å². The number of benzene rings is 1. The first kappa shape index (κ1) is 21.1. The van der Waals surface area contributed by atoms with E-state index in [0.717, 1.165) is 36.0 Å². The van der Waals surface area contributed by atoms with Crippen molar-refractivity contribution in [2.45, 2.75) is 32.4 Å². The van der Waals surface area contributed by atoms with E-state index in [1.54, 1.807) is 0 Å². The van der Waals surface area contributed by atoms with Crippen LogP contribution in [0.25, 0.3) is 0 Å². The Bertz CT molecular complexity index is 1010. The molecule has 2 aromatic heterocycles. The van der Waals surface area contributed by atoms with Crippen molar-refractivity contribution in [3.05, 3.63) is 80.9 Å². The molecule has 156 valence electrons. The second-order valence-corrected chi connectivity index (χ2v) is 9.03. The van der Waals surface area contributed by atoms with Crippen LogP contribution in [0, 0.1) is 17.4 Å². The maximum absolute atomic E-state index is 5.78. The number of aromatic amines is 1. The van der Waals surface area contributed by atoms with Gasteiger partial charge in [0.1, 0.15) is 0 Å². The summed E-state index contributed by atoms with van der Waals surface area (Å²) in [5, 5.41) is 7.84. The van der Waals surface area contributed by atoms with Crippen molar-refractivity contribution in [1.82, 2.24) is 20.2 Å². The molecule has 0 aliphatic carbocycles. The number of H-pyrrole nitrogens is 1. The number of hydrogen-bond acceptors (Lipinski definition) is 3. The molecule has 7 heteroatoms. The van der Waals surface area contributed by atoms with Gasteiger partial charge in [-0.15, -0.1) is 0 Å². The molecule has 0 spiro atoms. The van der Waals surface area contributed by atoms with Crippen molar-refractivity contribution in [2.24, 2.45) is 0 Å². The van der Waals surface area contributed by atoms with Gasteiger partial charge in [-0.05, 0) is 79.3 Å². The number of thiocarbonyl (C=S) groups is 1. The first-order chi connectivity index (χ1) is 14.6. The zero-order valence-electron chi connectivity index (χ0n) is 17.2. The Labute approximate surface area is 196 Å². The highest BCUT2D eigenvalue weighted by Gasteiger charge is 2.41. The quantitative estimate of drug-likeness (QED) is 0.225. The second kappa shape index (κ2) is 9.34. The third kappa shape index (κ3) is 4.32. The fourth-order valence-electron chi connectivity index (χ4n) is 4.12. The standard InChI is InChI=1S/C23H26IN5S/c1-15-19(20(24)16(2)27-15)22-21(18-11-6-7-12-26-18)28-23(30)29(22)14-8-13-25-17-9-4-3-5-10-17/h3-7,9-12,21-22,25,27H,8,13-14H2,1-2H3,(H,28,30). The molecule has 1 saturated heterocycles. The van der Waals surface area contributed by atoms with Crippen LogP contribution < -0.4 is 10.6 Å². The van der Waals surface area contributed by atoms with Crippen LogP contribution in [-0.2, 0) is 0 Å². The van der Waals surface area contributed by atoms with E-state index < -0.39 is 0 Å². The second-order valence-electron chi connectivity index (χ2n) is 7.57. The Balaban J connectivity index is 1.56. The average molecular weight is 531 g/mol. The van der Waals surface area contributed by atoms with Gasteiger partial charge in [-0.25, -0.2) is 0 Å². The molecule has 2 atom stereocenters. The van der Waals surface area contributed by atoms with Crippen LogP contribution in [-0.4, -0.2) is 33.1 Å². The number of anilines is 1. The lowest BCUT2D eigenvalue weighted by atomic mass is 9.96. The molecule has 1 aromatic carbocycles. The molecule has 2 unspecified atom stereocenters. The summed E-state index contributed by atoms with van der Waals surface area (Å²) in [7, 11) is 0. The lowest BCUT2D eigenvalue weighted by Crippen LogP contribution is -2.32. The minimum absolute atomic E-state index is 0.0307. The number of hydrogen-bond donors (Lipinski definition) is 3. The molecule has 0 bridgehead atoms. The number of nitrogens with zero attached hydrogens (tertiary/aromatic N) is 2. The van der Waals surface area contributed by atoms with Gasteiger partial charge < -0.3 is 20.5 Å². The smallest absolute Gasteiger partial charge is 0.170 e. The molecule has 3 aromatic rings. The molecule has 0 saturated carbocycles. The van der Waals surface area contributed by atoms with Crippen molar-refractivity contribution in [2.75, 3.05) is 18.4 Å². The molecule has 4 rings (SSSR count). The minimum atomic E-state index is 0.0307. The number of nitrogens with one attached hydrogen (secondary N) is 3. The number of rotatable bonds is 7. The Morgan fingerprint density at radius 2 is 1.87 bits per heavy atom. The SMILES string of the molecule is Cc1[nH]c(C)c(C2C(c3ccccn3)NC(=S)N2CCCNc2ccccc2)c1I. The summed E-state index contributed by atoms with van der Waals surface area (Å²) in [5.41, 5.74) is 5.87. The fourth-order valence-corrected chi connectivity index (χ4v) is 5.31. The molecular formula is C23H26IN5S.